The molecule has 27 heavy (non-hydrogen) atoms. The maximum atomic E-state index is 14.7. The number of benzene rings is 1. The summed E-state index contributed by atoms with van der Waals surface area (Å²) in [6, 6.07) is 10.2. The monoisotopic (exact) mass is 406 g/mol. The molecule has 1 aromatic carbocycles. The van der Waals surface area contributed by atoms with E-state index in [4.69, 9.17) is 0 Å². The lowest BCUT2D eigenvalue weighted by atomic mass is 9.99. The molecule has 3 fully saturated rings. The molecule has 0 spiro atoms. The highest BCUT2D eigenvalue weighted by atomic mass is 31.2. The van der Waals surface area contributed by atoms with Gasteiger partial charge in [-0.2, -0.15) is 0 Å². The van der Waals surface area contributed by atoms with Crippen molar-refractivity contribution >= 4 is 19.6 Å². The molecule has 2 saturated carbocycles. The van der Waals surface area contributed by atoms with Crippen LogP contribution in [0.25, 0.3) is 0 Å². The Balaban J connectivity index is 1.62. The van der Waals surface area contributed by atoms with Crippen molar-refractivity contribution in [3.8, 4) is 0 Å². The van der Waals surface area contributed by atoms with Crippen molar-refractivity contribution in [1.29, 1.82) is 0 Å². The van der Waals surface area contributed by atoms with Crippen molar-refractivity contribution in [1.82, 2.24) is 0 Å². The molecule has 0 unspecified atom stereocenters. The highest BCUT2D eigenvalue weighted by Crippen LogP contribution is 2.68. The normalized spacial score (nSPS) is 31.2. The minimum Gasteiger partial charge on any atom is -0.323 e. The van der Waals surface area contributed by atoms with E-state index in [9.17, 15) is 9.13 Å². The zero-order valence-electron chi connectivity index (χ0n) is 16.7. The smallest absolute Gasteiger partial charge is 0.119 e. The quantitative estimate of drug-likeness (QED) is 0.500. The lowest BCUT2D eigenvalue weighted by Gasteiger charge is -2.40. The summed E-state index contributed by atoms with van der Waals surface area (Å²) in [6.07, 6.45) is 16.0. The number of rotatable bonds is 5. The van der Waals surface area contributed by atoms with Crippen LogP contribution in [0.5, 0.6) is 0 Å². The van der Waals surface area contributed by atoms with Crippen LogP contribution in [0.15, 0.2) is 30.3 Å². The highest BCUT2D eigenvalue weighted by Gasteiger charge is 2.48. The summed E-state index contributed by atoms with van der Waals surface area (Å²) in [4.78, 5) is 0. The second-order valence-electron chi connectivity index (χ2n) is 9.27. The third-order valence-corrected chi connectivity index (χ3v) is 16.3. The first-order valence-corrected chi connectivity index (χ1v) is 15.3. The maximum Gasteiger partial charge on any atom is 0.119 e. The Morgan fingerprint density at radius 2 is 1.33 bits per heavy atom. The van der Waals surface area contributed by atoms with Crippen molar-refractivity contribution < 1.29 is 9.13 Å². The van der Waals surface area contributed by atoms with E-state index in [1.54, 1.807) is 0 Å². The van der Waals surface area contributed by atoms with Gasteiger partial charge in [-0.05, 0) is 38.5 Å². The molecular weight excluding hydrogens is 370 g/mol. The number of hydrogen-bond acceptors (Lipinski definition) is 2. The lowest BCUT2D eigenvalue weighted by molar-refractivity contribution is 0.446. The number of hydrogen-bond donors (Lipinski definition) is 0. The average molecular weight is 406 g/mol. The Hall–Kier alpha value is -0.320. The Morgan fingerprint density at radius 3 is 1.89 bits per heavy atom. The second kappa shape index (κ2) is 8.59. The molecule has 1 aliphatic heterocycles. The van der Waals surface area contributed by atoms with Gasteiger partial charge in [-0.25, -0.2) is 0 Å². The van der Waals surface area contributed by atoms with Crippen molar-refractivity contribution in [2.75, 3.05) is 12.3 Å². The molecule has 2 nitrogen and oxygen atoms in total. The summed E-state index contributed by atoms with van der Waals surface area (Å²) in [5.41, 5.74) is 1.04. The van der Waals surface area contributed by atoms with Crippen LogP contribution in [0, 0.1) is 0 Å². The van der Waals surface area contributed by atoms with E-state index in [1.165, 1.54) is 38.5 Å². The summed E-state index contributed by atoms with van der Waals surface area (Å²) in [6.45, 7) is 0. The first-order valence-electron chi connectivity index (χ1n) is 11.4. The fourth-order valence-corrected chi connectivity index (χ4v) is 15.5. The van der Waals surface area contributed by atoms with Crippen LogP contribution in [0.2, 0.25) is 0 Å². The van der Waals surface area contributed by atoms with E-state index in [0.29, 0.717) is 11.3 Å². The topological polar surface area (TPSA) is 34.1 Å². The Labute approximate surface area is 165 Å². The average Bonchev–Trinajstić information content (AvgIpc) is 3.11. The van der Waals surface area contributed by atoms with Crippen LogP contribution in [-0.2, 0) is 9.13 Å². The van der Waals surface area contributed by atoms with Gasteiger partial charge in [0.25, 0.3) is 0 Å². The summed E-state index contributed by atoms with van der Waals surface area (Å²) in [5.74, 6) is 0. The lowest BCUT2D eigenvalue weighted by Crippen LogP contribution is -2.29. The summed E-state index contributed by atoms with van der Waals surface area (Å²) < 4.78 is 28.7. The van der Waals surface area contributed by atoms with Gasteiger partial charge in [0, 0.05) is 34.6 Å². The van der Waals surface area contributed by atoms with Crippen molar-refractivity contribution in [2.24, 2.45) is 0 Å². The van der Waals surface area contributed by atoms with E-state index < -0.39 is 14.3 Å². The van der Waals surface area contributed by atoms with E-state index in [0.717, 1.165) is 56.2 Å². The highest BCUT2D eigenvalue weighted by molar-refractivity contribution is 7.74. The molecule has 0 bridgehead atoms. The van der Waals surface area contributed by atoms with Crippen LogP contribution < -0.4 is 5.30 Å². The van der Waals surface area contributed by atoms with Gasteiger partial charge >= 0.3 is 0 Å². The minimum absolute atomic E-state index is 0.176. The molecule has 1 heterocycles. The van der Waals surface area contributed by atoms with Gasteiger partial charge in [-0.1, -0.05) is 68.9 Å². The molecule has 0 N–H and O–H groups in total. The van der Waals surface area contributed by atoms with Crippen LogP contribution in [-0.4, -0.2) is 29.3 Å². The standard InChI is InChI=1S/C23H36O2P2/c24-26(20-11-4-1-5-12-20)18-10-17-23(26)19-27(25,21-13-6-2-7-14-21)22-15-8-3-9-16-22/h1,4-5,11-12,21-23H,2-3,6-10,13-19H2/t23-,26+/m1/s1. The van der Waals surface area contributed by atoms with E-state index >= 15 is 0 Å². The molecule has 0 amide bonds. The third-order valence-electron chi connectivity index (χ3n) is 7.69. The SMILES string of the molecule is O=P(C[C@H]1CCC[P@]1(=O)c1ccccc1)(C1CCCCC1)C1CCCCC1. The summed E-state index contributed by atoms with van der Waals surface area (Å²) in [5, 5.41) is 1.05. The minimum atomic E-state index is -2.40. The van der Waals surface area contributed by atoms with Crippen molar-refractivity contribution in [2.45, 2.75) is 94.0 Å². The maximum absolute atomic E-state index is 14.7. The van der Waals surface area contributed by atoms with Gasteiger partial charge in [-0.15, -0.1) is 0 Å². The zero-order valence-corrected chi connectivity index (χ0v) is 18.5. The molecular formula is C23H36O2P2. The van der Waals surface area contributed by atoms with Gasteiger partial charge < -0.3 is 9.13 Å². The van der Waals surface area contributed by atoms with Gasteiger partial charge in [0.2, 0.25) is 0 Å². The van der Waals surface area contributed by atoms with Gasteiger partial charge in [0.15, 0.2) is 0 Å². The fraction of sp³-hybridized carbons (Fsp3) is 0.739. The van der Waals surface area contributed by atoms with Gasteiger partial charge in [0.05, 0.1) is 7.14 Å². The van der Waals surface area contributed by atoms with E-state index in [2.05, 4.69) is 12.1 Å². The Morgan fingerprint density at radius 1 is 0.778 bits per heavy atom. The van der Waals surface area contributed by atoms with E-state index in [-0.39, 0.29) is 5.66 Å². The Kier molecular flexibility index (Phi) is 6.35. The van der Waals surface area contributed by atoms with Gasteiger partial charge in [0.1, 0.15) is 7.14 Å². The zero-order chi connectivity index (χ0) is 18.7. The van der Waals surface area contributed by atoms with Crippen LogP contribution in [0.4, 0.5) is 0 Å². The molecule has 4 rings (SSSR count). The molecule has 4 heteroatoms. The van der Waals surface area contributed by atoms with Crippen LogP contribution >= 0.6 is 14.3 Å². The molecule has 2 aliphatic carbocycles. The van der Waals surface area contributed by atoms with Crippen molar-refractivity contribution in [3.05, 3.63) is 30.3 Å². The fourth-order valence-electron chi connectivity index (χ4n) is 6.16. The summed E-state index contributed by atoms with van der Waals surface area (Å²) >= 11 is 0. The third kappa shape index (κ3) is 4.04. The Bertz CT molecular complexity index is 680. The molecule has 2 atom stereocenters. The van der Waals surface area contributed by atoms with Crippen LogP contribution in [0.1, 0.15) is 77.0 Å². The van der Waals surface area contributed by atoms with Gasteiger partial charge in [-0.3, -0.25) is 0 Å². The van der Waals surface area contributed by atoms with Crippen molar-refractivity contribution in [3.63, 3.8) is 0 Å². The molecule has 0 aromatic heterocycles. The van der Waals surface area contributed by atoms with E-state index in [1.807, 2.05) is 18.2 Å². The first-order chi connectivity index (χ1) is 13.1. The molecule has 0 radical (unpaired) electrons. The molecule has 150 valence electrons. The predicted octanol–water partition coefficient (Wildman–Crippen LogP) is 6.87. The molecule has 1 aromatic rings. The molecule has 3 aliphatic rings. The summed E-state index contributed by atoms with van der Waals surface area (Å²) in [7, 11) is -4.70. The van der Waals surface area contributed by atoms with Crippen LogP contribution in [0.3, 0.4) is 0 Å². The largest absolute Gasteiger partial charge is 0.323 e. The second-order valence-corrected chi connectivity index (χ2v) is 16.1. The molecule has 1 saturated heterocycles. The first kappa shape index (κ1) is 20.0. The predicted molar refractivity (Wildman–Crippen MR) is 118 cm³/mol.